The summed E-state index contributed by atoms with van der Waals surface area (Å²) < 4.78 is 6.72. The molecule has 0 fully saturated rings. The molecule has 0 aliphatic heterocycles. The number of carbonyl (C=O) groups excluding carboxylic acids is 1. The smallest absolute Gasteiger partial charge is 0.308 e. The molecule has 21 heavy (non-hydrogen) atoms. The lowest BCUT2D eigenvalue weighted by Gasteiger charge is -2.19. The summed E-state index contributed by atoms with van der Waals surface area (Å²) in [7, 11) is 0. The van der Waals surface area contributed by atoms with Gasteiger partial charge < -0.3 is 4.74 Å². The van der Waals surface area contributed by atoms with Crippen molar-refractivity contribution in [3.05, 3.63) is 27.1 Å². The van der Waals surface area contributed by atoms with Gasteiger partial charge in [-0.25, -0.2) is 4.98 Å². The molecule has 0 aromatic carbocycles. The first kappa shape index (κ1) is 15.7. The average Bonchev–Trinajstić information content (AvgIpc) is 2.63. The van der Waals surface area contributed by atoms with Crippen LogP contribution in [0.1, 0.15) is 37.6 Å². The molecule has 0 spiro atoms. The monoisotopic (exact) mass is 308 g/mol. The predicted octanol–water partition coefficient (Wildman–Crippen LogP) is 2.81. The van der Waals surface area contributed by atoms with Gasteiger partial charge in [0.15, 0.2) is 0 Å². The standard InChI is InChI=1S/C15H20N2O3S/c1-9-10(2)21-13-12(9)14(19)17(8-16-13)7-6-11(18)20-15(3,4)5/h8H,6-7H2,1-5H3. The van der Waals surface area contributed by atoms with Gasteiger partial charge in [0.05, 0.1) is 18.1 Å². The molecule has 0 N–H and O–H groups in total. The maximum atomic E-state index is 12.4. The Hall–Kier alpha value is -1.69. The van der Waals surface area contributed by atoms with Crippen molar-refractivity contribution in [2.75, 3.05) is 0 Å². The van der Waals surface area contributed by atoms with Gasteiger partial charge in [0.25, 0.3) is 5.56 Å². The number of rotatable bonds is 3. The number of carbonyl (C=O) groups is 1. The van der Waals surface area contributed by atoms with Crippen LogP contribution in [0.25, 0.3) is 10.2 Å². The number of thiophene rings is 1. The summed E-state index contributed by atoms with van der Waals surface area (Å²) in [6.45, 7) is 9.65. The number of esters is 1. The first-order valence-corrected chi connectivity index (χ1v) is 7.67. The van der Waals surface area contributed by atoms with Crippen LogP contribution in [0.5, 0.6) is 0 Å². The Morgan fingerprint density at radius 2 is 2.05 bits per heavy atom. The van der Waals surface area contributed by atoms with Crippen LogP contribution in [-0.4, -0.2) is 21.1 Å². The van der Waals surface area contributed by atoms with Crippen molar-refractivity contribution >= 4 is 27.5 Å². The minimum Gasteiger partial charge on any atom is -0.460 e. The van der Waals surface area contributed by atoms with Gasteiger partial charge in [-0.15, -0.1) is 11.3 Å². The van der Waals surface area contributed by atoms with Crippen LogP contribution >= 0.6 is 11.3 Å². The van der Waals surface area contributed by atoms with Crippen molar-refractivity contribution < 1.29 is 9.53 Å². The summed E-state index contributed by atoms with van der Waals surface area (Å²) in [6.07, 6.45) is 1.66. The lowest BCUT2D eigenvalue weighted by Crippen LogP contribution is -2.26. The molecule has 0 atom stereocenters. The van der Waals surface area contributed by atoms with Crippen molar-refractivity contribution in [3.8, 4) is 0 Å². The van der Waals surface area contributed by atoms with Crippen LogP contribution in [0.3, 0.4) is 0 Å². The van der Waals surface area contributed by atoms with E-state index in [0.29, 0.717) is 5.39 Å². The van der Waals surface area contributed by atoms with Crippen molar-refractivity contribution in [1.29, 1.82) is 0 Å². The highest BCUT2D eigenvalue weighted by Crippen LogP contribution is 2.25. The van der Waals surface area contributed by atoms with E-state index in [4.69, 9.17) is 4.74 Å². The number of aryl methyl sites for hydroxylation is 3. The zero-order valence-electron chi connectivity index (χ0n) is 13.0. The highest BCUT2D eigenvalue weighted by atomic mass is 32.1. The lowest BCUT2D eigenvalue weighted by atomic mass is 10.2. The molecule has 2 heterocycles. The van der Waals surface area contributed by atoms with Crippen molar-refractivity contribution in [2.45, 2.75) is 53.2 Å². The summed E-state index contributed by atoms with van der Waals surface area (Å²) in [5.41, 5.74) is 0.371. The van der Waals surface area contributed by atoms with Gasteiger partial charge in [0, 0.05) is 11.4 Å². The highest BCUT2D eigenvalue weighted by Gasteiger charge is 2.17. The molecule has 0 bridgehead atoms. The Balaban J connectivity index is 2.20. The number of aromatic nitrogens is 2. The number of nitrogens with zero attached hydrogens (tertiary/aromatic N) is 2. The molecule has 0 radical (unpaired) electrons. The van der Waals surface area contributed by atoms with E-state index in [-0.39, 0.29) is 24.5 Å². The third kappa shape index (κ3) is 3.50. The Bertz CT molecular complexity index is 738. The maximum Gasteiger partial charge on any atom is 0.308 e. The van der Waals surface area contributed by atoms with Crippen molar-refractivity contribution in [3.63, 3.8) is 0 Å². The number of hydrogen-bond acceptors (Lipinski definition) is 5. The quantitative estimate of drug-likeness (QED) is 0.818. The highest BCUT2D eigenvalue weighted by molar-refractivity contribution is 7.18. The second kappa shape index (κ2) is 5.60. The van der Waals surface area contributed by atoms with E-state index in [9.17, 15) is 9.59 Å². The molecule has 6 heteroatoms. The van der Waals surface area contributed by atoms with Gasteiger partial charge in [-0.2, -0.15) is 0 Å². The Morgan fingerprint density at radius 3 is 2.67 bits per heavy atom. The molecule has 2 rings (SSSR count). The van der Waals surface area contributed by atoms with Crippen molar-refractivity contribution in [1.82, 2.24) is 9.55 Å². The zero-order chi connectivity index (χ0) is 15.8. The van der Waals surface area contributed by atoms with Crippen LogP contribution in [-0.2, 0) is 16.1 Å². The molecule has 0 aliphatic carbocycles. The first-order valence-electron chi connectivity index (χ1n) is 6.86. The summed E-state index contributed by atoms with van der Waals surface area (Å²) in [5, 5.41) is 0.657. The Labute approximate surface area is 127 Å². The second-order valence-electron chi connectivity index (χ2n) is 6.04. The fraction of sp³-hybridized carbons (Fsp3) is 0.533. The Kier molecular flexibility index (Phi) is 4.18. The largest absolute Gasteiger partial charge is 0.460 e. The summed E-state index contributed by atoms with van der Waals surface area (Å²) in [6, 6.07) is 0. The van der Waals surface area contributed by atoms with Gasteiger partial charge in [-0.05, 0) is 40.2 Å². The normalized spacial score (nSPS) is 11.9. The fourth-order valence-electron chi connectivity index (χ4n) is 2.03. The SMILES string of the molecule is Cc1sc2ncn(CCC(=O)OC(C)(C)C)c(=O)c2c1C. The molecule has 0 amide bonds. The summed E-state index contributed by atoms with van der Waals surface area (Å²) in [4.78, 5) is 30.3. The van der Waals surface area contributed by atoms with E-state index in [2.05, 4.69) is 4.98 Å². The molecule has 5 nitrogen and oxygen atoms in total. The first-order chi connectivity index (χ1) is 9.69. The van der Waals surface area contributed by atoms with E-state index >= 15 is 0 Å². The third-order valence-corrected chi connectivity index (χ3v) is 4.25. The van der Waals surface area contributed by atoms with E-state index in [0.717, 1.165) is 15.3 Å². The second-order valence-corrected chi connectivity index (χ2v) is 7.25. The van der Waals surface area contributed by atoms with Gasteiger partial charge >= 0.3 is 5.97 Å². The topological polar surface area (TPSA) is 61.2 Å². The van der Waals surface area contributed by atoms with Crippen molar-refractivity contribution in [2.24, 2.45) is 0 Å². The van der Waals surface area contributed by atoms with E-state index in [1.54, 1.807) is 0 Å². The molecular formula is C15H20N2O3S. The zero-order valence-corrected chi connectivity index (χ0v) is 13.8. The van der Waals surface area contributed by atoms with Crippen LogP contribution in [0.2, 0.25) is 0 Å². The predicted molar refractivity (Wildman–Crippen MR) is 83.8 cm³/mol. The van der Waals surface area contributed by atoms with E-state index < -0.39 is 5.60 Å². The summed E-state index contributed by atoms with van der Waals surface area (Å²) in [5.74, 6) is -0.312. The summed E-state index contributed by atoms with van der Waals surface area (Å²) >= 11 is 1.52. The van der Waals surface area contributed by atoms with Gasteiger partial charge in [0.1, 0.15) is 10.4 Å². The van der Waals surface area contributed by atoms with Gasteiger partial charge in [0.2, 0.25) is 0 Å². The van der Waals surface area contributed by atoms with Crippen LogP contribution in [0.4, 0.5) is 0 Å². The minimum absolute atomic E-state index is 0.0922. The van der Waals surface area contributed by atoms with Crippen LogP contribution < -0.4 is 5.56 Å². The Morgan fingerprint density at radius 1 is 1.38 bits per heavy atom. The minimum atomic E-state index is -0.509. The molecule has 2 aromatic rings. The molecule has 114 valence electrons. The van der Waals surface area contributed by atoms with E-state index in [1.807, 2.05) is 34.6 Å². The third-order valence-electron chi connectivity index (χ3n) is 3.13. The van der Waals surface area contributed by atoms with Gasteiger partial charge in [-0.3, -0.25) is 14.2 Å². The molecular weight excluding hydrogens is 288 g/mol. The van der Waals surface area contributed by atoms with Gasteiger partial charge in [-0.1, -0.05) is 0 Å². The molecule has 0 unspecified atom stereocenters. The number of hydrogen-bond donors (Lipinski definition) is 0. The van der Waals surface area contributed by atoms with E-state index in [1.165, 1.54) is 22.2 Å². The average molecular weight is 308 g/mol. The molecule has 2 aromatic heterocycles. The number of fused-ring (bicyclic) bond motifs is 1. The number of ether oxygens (including phenoxy) is 1. The van der Waals surface area contributed by atoms with Crippen LogP contribution in [0.15, 0.2) is 11.1 Å². The lowest BCUT2D eigenvalue weighted by molar-refractivity contribution is -0.155. The van der Waals surface area contributed by atoms with Crippen LogP contribution in [0, 0.1) is 13.8 Å². The maximum absolute atomic E-state index is 12.4. The molecule has 0 aliphatic rings. The molecule has 0 saturated carbocycles. The molecule has 0 saturated heterocycles. The fourth-order valence-corrected chi connectivity index (χ4v) is 3.02.